The van der Waals surface area contributed by atoms with Gasteiger partial charge in [0.1, 0.15) is 36.6 Å². The van der Waals surface area contributed by atoms with Crippen LogP contribution in [0.2, 0.25) is 0 Å². The Morgan fingerprint density at radius 3 is 1.47 bits per heavy atom. The van der Waals surface area contributed by atoms with Gasteiger partial charge in [-0.2, -0.15) is 0 Å². The van der Waals surface area contributed by atoms with Gasteiger partial charge in [0.2, 0.25) is 0 Å². The standard InChI is InChI=1S/C48H82O14/c1-15-33(51-8)31(6)43-47(61-43)39(49)27(2)20-17-22-30(5)42-46(57-14)36(26-38(55-12)60-42)58-24-18-23-34(52-9)32(7)44-48(62-44)40(50)28(3)19-16-21-29(4)41-45(56-13)35(53-10)25-37(54-11)59-41/h16-17,19-22,27-28,31-50H,15,18,23-26H2,1-14H3/b19-16+,20-17+,29-21+,30-22+/t27-,28-,31+,32+,33-,34-,35-,36-,37+,38+,39+,40+,41-,42-,43-,44-,45+,46-,47-,48-/m0/s1. The van der Waals surface area contributed by atoms with E-state index in [1.54, 1.807) is 49.8 Å². The maximum Gasteiger partial charge on any atom is 0.160 e. The molecule has 4 saturated heterocycles. The highest BCUT2D eigenvalue weighted by Crippen LogP contribution is 2.39. The van der Waals surface area contributed by atoms with E-state index < -0.39 is 18.5 Å². The Labute approximate surface area is 372 Å². The summed E-state index contributed by atoms with van der Waals surface area (Å²) in [7, 11) is 11.7. The van der Waals surface area contributed by atoms with Crippen LogP contribution in [-0.2, 0) is 56.8 Å². The second kappa shape index (κ2) is 25.9. The quantitative estimate of drug-likeness (QED) is 0.0566. The van der Waals surface area contributed by atoms with Crippen molar-refractivity contribution in [3.05, 3.63) is 47.6 Å². The van der Waals surface area contributed by atoms with E-state index in [9.17, 15) is 10.2 Å². The van der Waals surface area contributed by atoms with Crippen LogP contribution in [0.5, 0.6) is 0 Å². The van der Waals surface area contributed by atoms with E-state index in [2.05, 4.69) is 20.8 Å². The average Bonchev–Trinajstić information content (AvgIpc) is 4.23. The third-order valence-electron chi connectivity index (χ3n) is 13.6. The summed E-state index contributed by atoms with van der Waals surface area (Å²) in [6.45, 7) is 14.8. The number of ether oxygens (including phenoxy) is 12. The first-order valence-corrected chi connectivity index (χ1v) is 22.7. The molecule has 0 unspecified atom stereocenters. The van der Waals surface area contributed by atoms with Crippen LogP contribution in [0, 0.1) is 23.7 Å². The number of methoxy groups -OCH3 is 7. The molecule has 0 aromatic heterocycles. The summed E-state index contributed by atoms with van der Waals surface area (Å²) < 4.78 is 71.1. The number of epoxide rings is 2. The molecule has 0 bridgehead atoms. The molecule has 0 aromatic carbocycles. The fourth-order valence-corrected chi connectivity index (χ4v) is 9.35. The van der Waals surface area contributed by atoms with Crippen molar-refractivity contribution in [3.8, 4) is 0 Å². The van der Waals surface area contributed by atoms with Crippen molar-refractivity contribution in [2.45, 2.75) is 179 Å². The molecule has 0 saturated carbocycles. The first-order chi connectivity index (χ1) is 29.7. The third kappa shape index (κ3) is 14.0. The summed E-state index contributed by atoms with van der Waals surface area (Å²) in [6.07, 6.45) is 11.1. The molecule has 62 heavy (non-hydrogen) atoms. The predicted octanol–water partition coefficient (Wildman–Crippen LogP) is 5.97. The monoisotopic (exact) mass is 883 g/mol. The summed E-state index contributed by atoms with van der Waals surface area (Å²) in [5, 5.41) is 22.3. The summed E-state index contributed by atoms with van der Waals surface area (Å²) in [6, 6.07) is 0. The van der Waals surface area contributed by atoms with Crippen molar-refractivity contribution in [2.75, 3.05) is 56.4 Å². The first-order valence-electron chi connectivity index (χ1n) is 22.7. The fourth-order valence-electron chi connectivity index (χ4n) is 9.35. The number of allylic oxidation sites excluding steroid dienone is 4. The van der Waals surface area contributed by atoms with E-state index in [0.29, 0.717) is 19.4 Å². The van der Waals surface area contributed by atoms with Crippen LogP contribution in [0.1, 0.15) is 80.6 Å². The molecule has 4 rings (SSSR count). The zero-order valence-electron chi connectivity index (χ0n) is 40.0. The van der Waals surface area contributed by atoms with E-state index >= 15 is 0 Å². The molecule has 4 fully saturated rings. The molecular weight excluding hydrogens is 801 g/mol. The van der Waals surface area contributed by atoms with Gasteiger partial charge in [0.05, 0.1) is 48.8 Å². The molecule has 0 amide bonds. The molecule has 0 aromatic rings. The van der Waals surface area contributed by atoms with E-state index in [0.717, 1.165) is 30.4 Å². The molecule has 4 aliphatic heterocycles. The highest BCUT2D eigenvalue weighted by molar-refractivity contribution is 5.20. The lowest BCUT2D eigenvalue weighted by Gasteiger charge is -2.41. The lowest BCUT2D eigenvalue weighted by Crippen LogP contribution is -2.51. The molecule has 0 spiro atoms. The Morgan fingerprint density at radius 1 is 0.597 bits per heavy atom. The van der Waals surface area contributed by atoms with Crippen molar-refractivity contribution in [2.24, 2.45) is 23.7 Å². The zero-order chi connectivity index (χ0) is 45.7. The van der Waals surface area contributed by atoms with Crippen LogP contribution in [-0.4, -0.2) is 165 Å². The van der Waals surface area contributed by atoms with Crippen LogP contribution < -0.4 is 0 Å². The minimum absolute atomic E-state index is 0.00236. The average molecular weight is 883 g/mol. The molecule has 14 nitrogen and oxygen atoms in total. The topological polar surface area (TPSA) is 158 Å². The van der Waals surface area contributed by atoms with Gasteiger partial charge in [-0.3, -0.25) is 0 Å². The van der Waals surface area contributed by atoms with Crippen molar-refractivity contribution < 1.29 is 67.1 Å². The summed E-state index contributed by atoms with van der Waals surface area (Å²) in [4.78, 5) is 0. The fraction of sp³-hybridized carbons (Fsp3) is 0.833. The third-order valence-corrected chi connectivity index (χ3v) is 13.6. The highest BCUT2D eigenvalue weighted by atomic mass is 16.7. The SMILES string of the molecule is CC[C@H](OC)[C@@H](C)[C@@H]1O[C@H]1[C@H](O)[C@@H](C)/C=C/C=C(\C)[C@@H]1O[C@@H](OC)C[C@H](OCCC[C@H](OC)[C@@H](C)[C@@H]2O[C@H]2[C@H](O)[C@@H](C)/C=C/C=C(\C)[C@@H]2O[C@@H](OC)C[C@H](OC)[C@H]2OC)[C@@H]1OC. The summed E-state index contributed by atoms with van der Waals surface area (Å²) in [5.74, 6) is 0.0363. The molecule has 0 radical (unpaired) electrons. The van der Waals surface area contributed by atoms with Gasteiger partial charge in [-0.1, -0.05) is 71.1 Å². The Balaban J connectivity index is 1.24. The largest absolute Gasteiger partial charge is 0.390 e. The van der Waals surface area contributed by atoms with Crippen LogP contribution in [0.4, 0.5) is 0 Å². The van der Waals surface area contributed by atoms with Crippen LogP contribution in [0.25, 0.3) is 0 Å². The van der Waals surface area contributed by atoms with Crippen LogP contribution in [0.15, 0.2) is 47.6 Å². The molecule has 2 N–H and O–H groups in total. The number of hydrogen-bond acceptors (Lipinski definition) is 14. The smallest absolute Gasteiger partial charge is 0.160 e. The number of hydrogen-bond donors (Lipinski definition) is 2. The molecule has 20 atom stereocenters. The Morgan fingerprint density at radius 2 is 1.05 bits per heavy atom. The molecule has 14 heteroatoms. The van der Waals surface area contributed by atoms with E-state index in [1.807, 2.05) is 64.2 Å². The van der Waals surface area contributed by atoms with Gasteiger partial charge in [0.15, 0.2) is 12.6 Å². The van der Waals surface area contributed by atoms with Crippen LogP contribution in [0.3, 0.4) is 0 Å². The van der Waals surface area contributed by atoms with Gasteiger partial charge in [-0.05, 0) is 44.3 Å². The van der Waals surface area contributed by atoms with Crippen molar-refractivity contribution in [1.82, 2.24) is 0 Å². The molecule has 4 heterocycles. The van der Waals surface area contributed by atoms with Gasteiger partial charge < -0.3 is 67.1 Å². The minimum atomic E-state index is -0.667. The zero-order valence-corrected chi connectivity index (χ0v) is 40.0. The maximum atomic E-state index is 11.2. The van der Waals surface area contributed by atoms with Crippen molar-refractivity contribution in [1.29, 1.82) is 0 Å². The molecule has 358 valence electrons. The van der Waals surface area contributed by atoms with Crippen molar-refractivity contribution >= 4 is 0 Å². The molecule has 0 aliphatic carbocycles. The summed E-state index contributed by atoms with van der Waals surface area (Å²) in [5.41, 5.74) is 1.94. The second-order valence-corrected chi connectivity index (χ2v) is 17.7. The van der Waals surface area contributed by atoms with Gasteiger partial charge in [0.25, 0.3) is 0 Å². The molecule has 4 aliphatic rings. The van der Waals surface area contributed by atoms with Gasteiger partial charge >= 0.3 is 0 Å². The van der Waals surface area contributed by atoms with Crippen LogP contribution >= 0.6 is 0 Å². The molecular formula is C48H82O14. The highest BCUT2D eigenvalue weighted by Gasteiger charge is 2.52. The predicted molar refractivity (Wildman–Crippen MR) is 236 cm³/mol. The van der Waals surface area contributed by atoms with E-state index in [-0.39, 0.29) is 103 Å². The van der Waals surface area contributed by atoms with E-state index in [4.69, 9.17) is 56.8 Å². The van der Waals surface area contributed by atoms with Gasteiger partial charge in [-0.15, -0.1) is 0 Å². The Hall–Kier alpha value is -1.60. The number of aliphatic hydroxyl groups excluding tert-OH is 2. The first kappa shape index (κ1) is 53.0. The Kier molecular flexibility index (Phi) is 22.2. The lowest BCUT2D eigenvalue weighted by molar-refractivity contribution is -0.246. The summed E-state index contributed by atoms with van der Waals surface area (Å²) >= 11 is 0. The van der Waals surface area contributed by atoms with Gasteiger partial charge in [-0.25, -0.2) is 0 Å². The minimum Gasteiger partial charge on any atom is -0.390 e. The second-order valence-electron chi connectivity index (χ2n) is 17.7. The lowest BCUT2D eigenvalue weighted by atomic mass is 9.90. The Bertz CT molecular complexity index is 1420. The van der Waals surface area contributed by atoms with E-state index in [1.165, 1.54) is 0 Å². The number of rotatable bonds is 27. The number of aliphatic hydroxyl groups is 2. The maximum absolute atomic E-state index is 11.2. The van der Waals surface area contributed by atoms with Gasteiger partial charge in [0, 0.05) is 92.9 Å². The normalized spacial score (nSPS) is 36.0. The van der Waals surface area contributed by atoms with Crippen molar-refractivity contribution in [3.63, 3.8) is 0 Å².